The van der Waals surface area contributed by atoms with Crippen molar-refractivity contribution in [1.29, 1.82) is 0 Å². The Balaban J connectivity index is 1.95. The third-order valence-corrected chi connectivity index (χ3v) is 3.99. The van der Waals surface area contributed by atoms with Gasteiger partial charge in [-0.05, 0) is 19.3 Å². The SMILES string of the molecule is O=C(O)C1CCN(C(=O)C2CCCCC2)C(=O)C1. The molecule has 1 saturated heterocycles. The van der Waals surface area contributed by atoms with E-state index in [-0.39, 0.29) is 30.7 Å². The topological polar surface area (TPSA) is 74.7 Å². The van der Waals surface area contributed by atoms with Crippen LogP contribution in [0.15, 0.2) is 0 Å². The Labute approximate surface area is 106 Å². The lowest BCUT2D eigenvalue weighted by atomic mass is 9.87. The molecule has 0 aromatic heterocycles. The standard InChI is InChI=1S/C13H19NO4/c15-11-8-10(13(17)18)6-7-14(11)12(16)9-4-2-1-3-5-9/h9-10H,1-8H2,(H,17,18). The van der Waals surface area contributed by atoms with Crippen LogP contribution in [0, 0.1) is 11.8 Å². The van der Waals surface area contributed by atoms with Gasteiger partial charge in [0.1, 0.15) is 0 Å². The van der Waals surface area contributed by atoms with Gasteiger partial charge in [0, 0.05) is 18.9 Å². The molecule has 5 nitrogen and oxygen atoms in total. The fraction of sp³-hybridized carbons (Fsp3) is 0.769. The molecule has 1 N–H and O–H groups in total. The van der Waals surface area contributed by atoms with E-state index in [1.54, 1.807) is 0 Å². The molecule has 1 aliphatic heterocycles. The van der Waals surface area contributed by atoms with E-state index in [9.17, 15) is 14.4 Å². The van der Waals surface area contributed by atoms with Gasteiger partial charge in [-0.2, -0.15) is 0 Å². The molecule has 1 aliphatic carbocycles. The second-order valence-corrected chi connectivity index (χ2v) is 5.25. The first-order chi connectivity index (χ1) is 8.59. The third kappa shape index (κ3) is 2.71. The van der Waals surface area contributed by atoms with Crippen molar-refractivity contribution in [3.8, 4) is 0 Å². The van der Waals surface area contributed by atoms with Gasteiger partial charge in [0.2, 0.25) is 11.8 Å². The Bertz CT molecular complexity index is 360. The average Bonchev–Trinajstić information content (AvgIpc) is 2.38. The zero-order valence-electron chi connectivity index (χ0n) is 10.4. The zero-order valence-corrected chi connectivity index (χ0v) is 10.4. The van der Waals surface area contributed by atoms with E-state index in [1.807, 2.05) is 0 Å². The lowest BCUT2D eigenvalue weighted by Crippen LogP contribution is -2.47. The van der Waals surface area contributed by atoms with Crippen LogP contribution in [0.3, 0.4) is 0 Å². The molecule has 1 atom stereocenters. The van der Waals surface area contributed by atoms with E-state index < -0.39 is 11.9 Å². The number of carboxylic acid groups (broad SMARTS) is 1. The van der Waals surface area contributed by atoms with Crippen molar-refractivity contribution < 1.29 is 19.5 Å². The van der Waals surface area contributed by atoms with Crippen molar-refractivity contribution in [1.82, 2.24) is 4.90 Å². The van der Waals surface area contributed by atoms with E-state index in [1.165, 1.54) is 11.3 Å². The summed E-state index contributed by atoms with van der Waals surface area (Å²) in [7, 11) is 0. The monoisotopic (exact) mass is 253 g/mol. The molecule has 0 radical (unpaired) electrons. The zero-order chi connectivity index (χ0) is 13.1. The molecule has 2 aliphatic rings. The molecule has 1 unspecified atom stereocenters. The first-order valence-corrected chi connectivity index (χ1v) is 6.66. The van der Waals surface area contributed by atoms with Crippen LogP contribution in [0.1, 0.15) is 44.9 Å². The van der Waals surface area contributed by atoms with Crippen LogP contribution in [0.4, 0.5) is 0 Å². The molecule has 2 rings (SSSR count). The van der Waals surface area contributed by atoms with Gasteiger partial charge < -0.3 is 5.11 Å². The van der Waals surface area contributed by atoms with Gasteiger partial charge in [0.15, 0.2) is 0 Å². The molecule has 0 aromatic rings. The maximum absolute atomic E-state index is 12.2. The number of carboxylic acids is 1. The normalized spacial score (nSPS) is 26.1. The number of carbonyl (C=O) groups excluding carboxylic acids is 2. The van der Waals surface area contributed by atoms with Crippen LogP contribution in [0.2, 0.25) is 0 Å². The summed E-state index contributed by atoms with van der Waals surface area (Å²) >= 11 is 0. The van der Waals surface area contributed by atoms with Gasteiger partial charge in [0.25, 0.3) is 0 Å². The highest BCUT2D eigenvalue weighted by Gasteiger charge is 2.36. The molecule has 2 amide bonds. The Hall–Kier alpha value is -1.39. The molecule has 0 spiro atoms. The van der Waals surface area contributed by atoms with E-state index in [0.717, 1.165) is 25.7 Å². The molecule has 18 heavy (non-hydrogen) atoms. The molecule has 0 aromatic carbocycles. The summed E-state index contributed by atoms with van der Waals surface area (Å²) in [6.07, 6.45) is 5.36. The van der Waals surface area contributed by atoms with Gasteiger partial charge in [-0.25, -0.2) is 0 Å². The predicted molar refractivity (Wildman–Crippen MR) is 63.7 cm³/mol. The first kappa shape index (κ1) is 13.1. The summed E-state index contributed by atoms with van der Waals surface area (Å²) in [5.74, 6) is -1.97. The minimum Gasteiger partial charge on any atom is -0.481 e. The molecule has 5 heteroatoms. The second-order valence-electron chi connectivity index (χ2n) is 5.25. The van der Waals surface area contributed by atoms with Crippen LogP contribution in [0.25, 0.3) is 0 Å². The van der Waals surface area contributed by atoms with E-state index in [4.69, 9.17) is 5.11 Å². The number of nitrogens with zero attached hydrogens (tertiary/aromatic N) is 1. The van der Waals surface area contributed by atoms with Crippen LogP contribution >= 0.6 is 0 Å². The maximum atomic E-state index is 12.2. The highest BCUT2D eigenvalue weighted by atomic mass is 16.4. The second kappa shape index (κ2) is 5.50. The fourth-order valence-corrected chi connectivity index (χ4v) is 2.85. The Morgan fingerprint density at radius 3 is 2.28 bits per heavy atom. The number of aliphatic carboxylic acids is 1. The molecule has 0 bridgehead atoms. The number of imide groups is 1. The quantitative estimate of drug-likeness (QED) is 0.755. The van der Waals surface area contributed by atoms with Crippen LogP contribution in [0.5, 0.6) is 0 Å². The summed E-state index contributed by atoms with van der Waals surface area (Å²) in [5, 5.41) is 8.87. The highest BCUT2D eigenvalue weighted by molar-refractivity contribution is 5.98. The number of amides is 2. The molecule has 1 heterocycles. The number of rotatable bonds is 2. The molecule has 2 fully saturated rings. The maximum Gasteiger partial charge on any atom is 0.307 e. The lowest BCUT2D eigenvalue weighted by molar-refractivity contribution is -0.156. The van der Waals surface area contributed by atoms with Gasteiger partial charge in [-0.1, -0.05) is 19.3 Å². The average molecular weight is 253 g/mol. The van der Waals surface area contributed by atoms with Crippen molar-refractivity contribution in [2.75, 3.05) is 6.54 Å². The van der Waals surface area contributed by atoms with Crippen molar-refractivity contribution in [2.45, 2.75) is 44.9 Å². The van der Waals surface area contributed by atoms with E-state index in [0.29, 0.717) is 6.42 Å². The summed E-state index contributed by atoms with van der Waals surface area (Å²) in [4.78, 5) is 36.1. The van der Waals surface area contributed by atoms with Gasteiger partial charge in [-0.3, -0.25) is 19.3 Å². The Morgan fingerprint density at radius 2 is 1.72 bits per heavy atom. The third-order valence-electron chi connectivity index (χ3n) is 3.99. The Kier molecular flexibility index (Phi) is 3.99. The van der Waals surface area contributed by atoms with Gasteiger partial charge in [-0.15, -0.1) is 0 Å². The van der Waals surface area contributed by atoms with Crippen molar-refractivity contribution in [3.63, 3.8) is 0 Å². The number of likely N-dealkylation sites (tertiary alicyclic amines) is 1. The van der Waals surface area contributed by atoms with Crippen LogP contribution in [-0.2, 0) is 14.4 Å². The van der Waals surface area contributed by atoms with Crippen molar-refractivity contribution >= 4 is 17.8 Å². The van der Waals surface area contributed by atoms with Crippen molar-refractivity contribution in [2.24, 2.45) is 11.8 Å². The summed E-state index contributed by atoms with van der Waals surface area (Å²) in [6, 6.07) is 0. The minimum atomic E-state index is -0.937. The van der Waals surface area contributed by atoms with Crippen LogP contribution < -0.4 is 0 Å². The Morgan fingerprint density at radius 1 is 1.06 bits per heavy atom. The van der Waals surface area contributed by atoms with E-state index in [2.05, 4.69) is 0 Å². The van der Waals surface area contributed by atoms with Crippen molar-refractivity contribution in [3.05, 3.63) is 0 Å². The predicted octanol–water partition coefficient (Wildman–Crippen LogP) is 1.42. The lowest BCUT2D eigenvalue weighted by Gasteiger charge is -2.32. The number of piperidine rings is 1. The smallest absolute Gasteiger partial charge is 0.307 e. The van der Waals surface area contributed by atoms with Crippen LogP contribution in [-0.4, -0.2) is 34.3 Å². The minimum absolute atomic E-state index is 0.0240. The molecule has 100 valence electrons. The summed E-state index contributed by atoms with van der Waals surface area (Å²) < 4.78 is 0. The summed E-state index contributed by atoms with van der Waals surface area (Å²) in [6.45, 7) is 0.269. The number of hydrogen-bond acceptors (Lipinski definition) is 3. The number of carbonyl (C=O) groups is 3. The highest BCUT2D eigenvalue weighted by Crippen LogP contribution is 2.28. The number of hydrogen-bond donors (Lipinski definition) is 1. The van der Waals surface area contributed by atoms with E-state index >= 15 is 0 Å². The van der Waals surface area contributed by atoms with Gasteiger partial charge in [0.05, 0.1) is 5.92 Å². The largest absolute Gasteiger partial charge is 0.481 e. The summed E-state index contributed by atoms with van der Waals surface area (Å²) in [5.41, 5.74) is 0. The fourth-order valence-electron chi connectivity index (χ4n) is 2.85. The first-order valence-electron chi connectivity index (χ1n) is 6.66. The molecular weight excluding hydrogens is 234 g/mol. The molecule has 1 saturated carbocycles. The van der Waals surface area contributed by atoms with Gasteiger partial charge >= 0.3 is 5.97 Å². The molecular formula is C13H19NO4.